The van der Waals surface area contributed by atoms with E-state index in [9.17, 15) is 4.79 Å². The first-order chi connectivity index (χ1) is 8.46. The van der Waals surface area contributed by atoms with Crippen molar-refractivity contribution in [2.75, 3.05) is 13.1 Å². The van der Waals surface area contributed by atoms with Crippen LogP contribution in [0.3, 0.4) is 0 Å². The molecule has 0 radical (unpaired) electrons. The van der Waals surface area contributed by atoms with Crippen LogP contribution in [0.1, 0.15) is 45.2 Å². The molecule has 0 bridgehead atoms. The molecule has 1 aliphatic heterocycles. The lowest BCUT2D eigenvalue weighted by atomic mass is 9.96. The fourth-order valence-electron chi connectivity index (χ4n) is 2.13. The van der Waals surface area contributed by atoms with Gasteiger partial charge >= 0.3 is 6.09 Å². The van der Waals surface area contributed by atoms with Crippen molar-refractivity contribution >= 4 is 6.09 Å². The number of rotatable bonds is 1. The SMILES string of the molecule is CC(C)(C)OC(=O)N1CCC[C@@H](c2cocn2)C1. The number of oxazole rings is 1. The van der Waals surface area contributed by atoms with Crippen LogP contribution in [-0.4, -0.2) is 34.7 Å². The zero-order valence-electron chi connectivity index (χ0n) is 11.2. The van der Waals surface area contributed by atoms with E-state index in [0.29, 0.717) is 6.54 Å². The number of aromatic nitrogens is 1. The molecule has 100 valence electrons. The number of amides is 1. The predicted octanol–water partition coefficient (Wildman–Crippen LogP) is 2.79. The number of nitrogens with zero attached hydrogens (tertiary/aromatic N) is 2. The highest BCUT2D eigenvalue weighted by Crippen LogP contribution is 2.26. The summed E-state index contributed by atoms with van der Waals surface area (Å²) in [5.74, 6) is 0.255. The summed E-state index contributed by atoms with van der Waals surface area (Å²) in [6.45, 7) is 7.04. The summed E-state index contributed by atoms with van der Waals surface area (Å²) in [6.07, 6.45) is 4.85. The average molecular weight is 252 g/mol. The van der Waals surface area contributed by atoms with Crippen molar-refractivity contribution in [1.29, 1.82) is 0 Å². The van der Waals surface area contributed by atoms with Gasteiger partial charge in [0.05, 0.1) is 5.69 Å². The molecule has 1 aromatic heterocycles. The maximum absolute atomic E-state index is 12.0. The molecule has 0 N–H and O–H groups in total. The molecule has 0 aliphatic carbocycles. The summed E-state index contributed by atoms with van der Waals surface area (Å²) in [4.78, 5) is 17.9. The summed E-state index contributed by atoms with van der Waals surface area (Å²) < 4.78 is 10.4. The van der Waals surface area contributed by atoms with Crippen LogP contribution in [0.25, 0.3) is 0 Å². The molecule has 1 atom stereocenters. The Hall–Kier alpha value is -1.52. The van der Waals surface area contributed by atoms with Gasteiger partial charge in [0.1, 0.15) is 11.9 Å². The topological polar surface area (TPSA) is 55.6 Å². The van der Waals surface area contributed by atoms with Crippen LogP contribution < -0.4 is 0 Å². The predicted molar refractivity (Wildman–Crippen MR) is 66.3 cm³/mol. The fourth-order valence-corrected chi connectivity index (χ4v) is 2.13. The largest absolute Gasteiger partial charge is 0.451 e. The molecule has 18 heavy (non-hydrogen) atoms. The molecule has 0 unspecified atom stereocenters. The van der Waals surface area contributed by atoms with E-state index in [4.69, 9.17) is 9.15 Å². The van der Waals surface area contributed by atoms with E-state index in [0.717, 1.165) is 25.1 Å². The minimum atomic E-state index is -0.447. The van der Waals surface area contributed by atoms with Crippen LogP contribution >= 0.6 is 0 Å². The van der Waals surface area contributed by atoms with Crippen molar-refractivity contribution in [3.05, 3.63) is 18.4 Å². The number of likely N-dealkylation sites (tertiary alicyclic amines) is 1. The fraction of sp³-hybridized carbons (Fsp3) is 0.692. The van der Waals surface area contributed by atoms with E-state index in [1.807, 2.05) is 20.8 Å². The van der Waals surface area contributed by atoms with Gasteiger partial charge in [0, 0.05) is 19.0 Å². The van der Waals surface area contributed by atoms with Gasteiger partial charge in [0.25, 0.3) is 0 Å². The number of hydrogen-bond acceptors (Lipinski definition) is 4. The number of ether oxygens (including phenoxy) is 1. The van der Waals surface area contributed by atoms with E-state index >= 15 is 0 Å². The molecular formula is C13H20N2O3. The van der Waals surface area contributed by atoms with Crippen LogP contribution in [0.5, 0.6) is 0 Å². The third-order valence-electron chi connectivity index (χ3n) is 2.94. The molecule has 2 heterocycles. The summed E-state index contributed by atoms with van der Waals surface area (Å²) in [7, 11) is 0. The molecule has 1 saturated heterocycles. The number of piperidine rings is 1. The first-order valence-corrected chi connectivity index (χ1v) is 6.32. The van der Waals surface area contributed by atoms with Crippen molar-refractivity contribution in [2.45, 2.75) is 45.1 Å². The Bertz CT molecular complexity index is 395. The number of carbonyl (C=O) groups is 1. The molecular weight excluding hydrogens is 232 g/mol. The zero-order chi connectivity index (χ0) is 13.2. The lowest BCUT2D eigenvalue weighted by Gasteiger charge is -2.33. The van der Waals surface area contributed by atoms with Gasteiger partial charge in [-0.2, -0.15) is 0 Å². The molecule has 1 aromatic rings. The van der Waals surface area contributed by atoms with E-state index in [-0.39, 0.29) is 12.0 Å². The Morgan fingerprint density at radius 1 is 1.56 bits per heavy atom. The Morgan fingerprint density at radius 2 is 2.33 bits per heavy atom. The van der Waals surface area contributed by atoms with Crippen molar-refractivity contribution in [1.82, 2.24) is 9.88 Å². The van der Waals surface area contributed by atoms with Crippen molar-refractivity contribution < 1.29 is 13.9 Å². The Kier molecular flexibility index (Phi) is 3.59. The highest BCUT2D eigenvalue weighted by atomic mass is 16.6. The van der Waals surface area contributed by atoms with E-state index < -0.39 is 5.60 Å². The highest BCUT2D eigenvalue weighted by molar-refractivity contribution is 5.68. The lowest BCUT2D eigenvalue weighted by Crippen LogP contribution is -2.42. The molecule has 0 aromatic carbocycles. The van der Waals surface area contributed by atoms with Gasteiger partial charge in [-0.15, -0.1) is 0 Å². The van der Waals surface area contributed by atoms with Gasteiger partial charge in [-0.3, -0.25) is 0 Å². The Balaban J connectivity index is 1.96. The van der Waals surface area contributed by atoms with Crippen LogP contribution in [0.15, 0.2) is 17.1 Å². The van der Waals surface area contributed by atoms with Gasteiger partial charge in [-0.05, 0) is 33.6 Å². The normalized spacial score (nSPS) is 20.8. The summed E-state index contributed by atoms with van der Waals surface area (Å²) in [5.41, 5.74) is 0.473. The van der Waals surface area contributed by atoms with Gasteiger partial charge in [0.2, 0.25) is 0 Å². The minimum Gasteiger partial charge on any atom is -0.451 e. The second-order valence-electron chi connectivity index (χ2n) is 5.68. The molecule has 1 fully saturated rings. The molecule has 5 nitrogen and oxygen atoms in total. The van der Waals surface area contributed by atoms with Crippen molar-refractivity contribution in [2.24, 2.45) is 0 Å². The maximum atomic E-state index is 12.0. The van der Waals surface area contributed by atoms with Gasteiger partial charge in [-0.1, -0.05) is 0 Å². The van der Waals surface area contributed by atoms with Crippen LogP contribution in [0.4, 0.5) is 4.79 Å². The second-order valence-corrected chi connectivity index (χ2v) is 5.68. The number of carbonyl (C=O) groups excluding carboxylic acids is 1. The van der Waals surface area contributed by atoms with Crippen LogP contribution in [-0.2, 0) is 4.74 Å². The van der Waals surface area contributed by atoms with Crippen LogP contribution in [0, 0.1) is 0 Å². The summed E-state index contributed by atoms with van der Waals surface area (Å²) >= 11 is 0. The van der Waals surface area contributed by atoms with Gasteiger partial charge in [-0.25, -0.2) is 9.78 Å². The summed E-state index contributed by atoms with van der Waals surface area (Å²) in [6, 6.07) is 0. The smallest absolute Gasteiger partial charge is 0.410 e. The average Bonchev–Trinajstić information content (AvgIpc) is 2.80. The summed E-state index contributed by atoms with van der Waals surface area (Å²) in [5, 5.41) is 0. The molecule has 5 heteroatoms. The Labute approximate surface area is 107 Å². The molecule has 2 rings (SSSR count). The lowest BCUT2D eigenvalue weighted by molar-refractivity contribution is 0.0197. The number of hydrogen-bond donors (Lipinski definition) is 0. The first-order valence-electron chi connectivity index (χ1n) is 6.32. The molecule has 0 spiro atoms. The molecule has 0 saturated carbocycles. The van der Waals surface area contributed by atoms with E-state index in [2.05, 4.69) is 4.98 Å². The minimum absolute atomic E-state index is 0.240. The Morgan fingerprint density at radius 3 is 2.94 bits per heavy atom. The third kappa shape index (κ3) is 3.24. The first kappa shape index (κ1) is 12.9. The van der Waals surface area contributed by atoms with E-state index in [1.165, 1.54) is 6.39 Å². The standard InChI is InChI=1S/C13H20N2O3/c1-13(2,3)18-12(16)15-6-4-5-10(7-15)11-8-17-9-14-11/h8-10H,4-7H2,1-3H3/t10-/m1/s1. The van der Waals surface area contributed by atoms with Crippen LogP contribution in [0.2, 0.25) is 0 Å². The molecule has 1 aliphatic rings. The quantitative estimate of drug-likeness (QED) is 0.771. The highest BCUT2D eigenvalue weighted by Gasteiger charge is 2.29. The van der Waals surface area contributed by atoms with Gasteiger partial charge < -0.3 is 14.1 Å². The second kappa shape index (κ2) is 5.00. The van der Waals surface area contributed by atoms with Crippen molar-refractivity contribution in [3.8, 4) is 0 Å². The zero-order valence-corrected chi connectivity index (χ0v) is 11.2. The van der Waals surface area contributed by atoms with Crippen molar-refractivity contribution in [3.63, 3.8) is 0 Å². The maximum Gasteiger partial charge on any atom is 0.410 e. The third-order valence-corrected chi connectivity index (χ3v) is 2.94. The molecule has 1 amide bonds. The van der Waals surface area contributed by atoms with Gasteiger partial charge in [0.15, 0.2) is 6.39 Å². The monoisotopic (exact) mass is 252 g/mol. The van der Waals surface area contributed by atoms with E-state index in [1.54, 1.807) is 11.2 Å².